The van der Waals surface area contributed by atoms with Crippen LogP contribution in [0.4, 0.5) is 5.69 Å². The summed E-state index contributed by atoms with van der Waals surface area (Å²) in [4.78, 5) is 2.45. The van der Waals surface area contributed by atoms with Crippen molar-refractivity contribution in [2.45, 2.75) is 25.3 Å². The smallest absolute Gasteiger partial charge is 0.0426 e. The van der Waals surface area contributed by atoms with E-state index < -0.39 is 0 Å². The van der Waals surface area contributed by atoms with Crippen molar-refractivity contribution in [3.63, 3.8) is 0 Å². The van der Waals surface area contributed by atoms with E-state index in [2.05, 4.69) is 23.3 Å². The summed E-state index contributed by atoms with van der Waals surface area (Å²) in [5, 5.41) is 4.18. The third-order valence-corrected chi connectivity index (χ3v) is 3.55. The Balaban J connectivity index is 1.71. The molecule has 2 nitrogen and oxygen atoms in total. The minimum absolute atomic E-state index is 0.789. The maximum Gasteiger partial charge on any atom is 0.0426 e. The van der Waals surface area contributed by atoms with E-state index in [1.165, 1.54) is 19.3 Å². The van der Waals surface area contributed by atoms with Gasteiger partial charge in [-0.3, -0.25) is 0 Å². The Kier molecular flexibility index (Phi) is 4.08. The van der Waals surface area contributed by atoms with E-state index >= 15 is 0 Å². The molecule has 0 saturated heterocycles. The number of hydrogen-bond acceptors (Lipinski definition) is 2. The van der Waals surface area contributed by atoms with Crippen molar-refractivity contribution >= 4 is 17.3 Å². The Bertz CT molecular complexity index is 336. The Morgan fingerprint density at radius 3 is 2.88 bits per heavy atom. The van der Waals surface area contributed by atoms with Crippen LogP contribution in [-0.4, -0.2) is 31.1 Å². The van der Waals surface area contributed by atoms with Crippen LogP contribution in [0, 0.1) is 0 Å². The van der Waals surface area contributed by atoms with Gasteiger partial charge in [-0.15, -0.1) is 0 Å². The molecule has 1 aromatic carbocycles. The number of benzene rings is 1. The number of likely N-dealkylation sites (N-methyl/N-ethyl adjacent to an activating group) is 1. The van der Waals surface area contributed by atoms with Gasteiger partial charge in [0.05, 0.1) is 0 Å². The molecule has 0 atom stereocenters. The van der Waals surface area contributed by atoms with Crippen LogP contribution in [0.5, 0.6) is 0 Å². The SMILES string of the molecule is CN(CCNc1cccc(Cl)c1)C1CCC1. The van der Waals surface area contributed by atoms with Gasteiger partial charge in [0, 0.05) is 29.8 Å². The molecule has 16 heavy (non-hydrogen) atoms. The molecule has 88 valence electrons. The quantitative estimate of drug-likeness (QED) is 0.847. The van der Waals surface area contributed by atoms with E-state index in [1.807, 2.05) is 18.2 Å². The normalized spacial score (nSPS) is 16.2. The van der Waals surface area contributed by atoms with Gasteiger partial charge in [-0.1, -0.05) is 24.1 Å². The summed E-state index contributed by atoms with van der Waals surface area (Å²) >= 11 is 5.92. The summed E-state index contributed by atoms with van der Waals surface area (Å²) in [6.45, 7) is 2.07. The minimum Gasteiger partial charge on any atom is -0.384 e. The van der Waals surface area contributed by atoms with Crippen LogP contribution in [0.25, 0.3) is 0 Å². The van der Waals surface area contributed by atoms with Crippen LogP contribution < -0.4 is 5.32 Å². The highest BCUT2D eigenvalue weighted by Crippen LogP contribution is 2.23. The van der Waals surface area contributed by atoms with Crippen LogP contribution in [-0.2, 0) is 0 Å². The lowest BCUT2D eigenvalue weighted by Crippen LogP contribution is -2.39. The van der Waals surface area contributed by atoms with E-state index in [9.17, 15) is 0 Å². The fourth-order valence-corrected chi connectivity index (χ4v) is 2.18. The number of nitrogens with zero attached hydrogens (tertiary/aromatic N) is 1. The molecule has 1 aliphatic carbocycles. The second-order valence-corrected chi connectivity index (χ2v) is 4.94. The maximum atomic E-state index is 5.92. The summed E-state index contributed by atoms with van der Waals surface area (Å²) in [6.07, 6.45) is 4.14. The van der Waals surface area contributed by atoms with Gasteiger partial charge in [-0.25, -0.2) is 0 Å². The minimum atomic E-state index is 0.789. The molecule has 0 aromatic heterocycles. The molecule has 0 bridgehead atoms. The van der Waals surface area contributed by atoms with Gasteiger partial charge in [0.2, 0.25) is 0 Å². The van der Waals surface area contributed by atoms with Gasteiger partial charge >= 0.3 is 0 Å². The number of hydrogen-bond donors (Lipinski definition) is 1. The lowest BCUT2D eigenvalue weighted by atomic mass is 9.92. The molecule has 0 spiro atoms. The predicted molar refractivity (Wildman–Crippen MR) is 70.2 cm³/mol. The van der Waals surface area contributed by atoms with Crippen molar-refractivity contribution in [3.8, 4) is 0 Å². The first-order valence-electron chi connectivity index (χ1n) is 5.95. The zero-order chi connectivity index (χ0) is 11.4. The van der Waals surface area contributed by atoms with Crippen LogP contribution >= 0.6 is 11.6 Å². The molecule has 0 aliphatic heterocycles. The standard InChI is InChI=1S/C13H19ClN2/c1-16(13-6-3-7-13)9-8-15-12-5-2-4-11(14)10-12/h2,4-5,10,13,15H,3,6-9H2,1H3. The molecule has 0 amide bonds. The monoisotopic (exact) mass is 238 g/mol. The van der Waals surface area contributed by atoms with Crippen LogP contribution in [0.3, 0.4) is 0 Å². The van der Waals surface area contributed by atoms with Crippen LogP contribution in [0.1, 0.15) is 19.3 Å². The van der Waals surface area contributed by atoms with Crippen LogP contribution in [0.2, 0.25) is 5.02 Å². The lowest BCUT2D eigenvalue weighted by Gasteiger charge is -2.34. The Hall–Kier alpha value is -0.730. The van der Waals surface area contributed by atoms with Gasteiger partial charge in [0.15, 0.2) is 0 Å². The van der Waals surface area contributed by atoms with Crippen molar-refractivity contribution in [3.05, 3.63) is 29.3 Å². The zero-order valence-corrected chi connectivity index (χ0v) is 10.5. The largest absolute Gasteiger partial charge is 0.384 e. The van der Waals surface area contributed by atoms with Crippen molar-refractivity contribution in [2.24, 2.45) is 0 Å². The van der Waals surface area contributed by atoms with Crippen LogP contribution in [0.15, 0.2) is 24.3 Å². The molecule has 3 heteroatoms. The summed E-state index contributed by atoms with van der Waals surface area (Å²) in [7, 11) is 2.21. The predicted octanol–water partition coefficient (Wildman–Crippen LogP) is 3.24. The maximum absolute atomic E-state index is 5.92. The van der Waals surface area contributed by atoms with Gasteiger partial charge < -0.3 is 10.2 Å². The summed E-state index contributed by atoms with van der Waals surface area (Å²) in [6, 6.07) is 8.70. The lowest BCUT2D eigenvalue weighted by molar-refractivity contribution is 0.165. The van der Waals surface area contributed by atoms with Crippen molar-refractivity contribution < 1.29 is 0 Å². The number of rotatable bonds is 5. The van der Waals surface area contributed by atoms with Crippen molar-refractivity contribution in [2.75, 3.05) is 25.5 Å². The van der Waals surface area contributed by atoms with Crippen molar-refractivity contribution in [1.82, 2.24) is 4.90 Å². The first-order chi connectivity index (χ1) is 7.75. The molecule has 0 unspecified atom stereocenters. The first kappa shape index (κ1) is 11.7. The second kappa shape index (κ2) is 5.55. The number of halogens is 1. The molecular formula is C13H19ClN2. The molecule has 1 saturated carbocycles. The summed E-state index contributed by atoms with van der Waals surface area (Å²) in [5.41, 5.74) is 1.11. The van der Waals surface area contributed by atoms with E-state index in [0.717, 1.165) is 29.8 Å². The van der Waals surface area contributed by atoms with Gasteiger partial charge in [0.25, 0.3) is 0 Å². The number of nitrogens with one attached hydrogen (secondary N) is 1. The zero-order valence-electron chi connectivity index (χ0n) is 9.75. The molecule has 2 rings (SSSR count). The Morgan fingerprint density at radius 1 is 1.44 bits per heavy atom. The topological polar surface area (TPSA) is 15.3 Å². The Morgan fingerprint density at radius 2 is 2.25 bits per heavy atom. The van der Waals surface area contributed by atoms with Gasteiger partial charge in [-0.2, -0.15) is 0 Å². The summed E-state index contributed by atoms with van der Waals surface area (Å²) in [5.74, 6) is 0. The summed E-state index contributed by atoms with van der Waals surface area (Å²) < 4.78 is 0. The second-order valence-electron chi connectivity index (χ2n) is 4.50. The van der Waals surface area contributed by atoms with Crippen molar-refractivity contribution in [1.29, 1.82) is 0 Å². The first-order valence-corrected chi connectivity index (χ1v) is 6.33. The fraction of sp³-hybridized carbons (Fsp3) is 0.538. The fourth-order valence-electron chi connectivity index (χ4n) is 1.99. The van der Waals surface area contributed by atoms with Gasteiger partial charge in [0.1, 0.15) is 0 Å². The molecule has 1 N–H and O–H groups in total. The average molecular weight is 239 g/mol. The van der Waals surface area contributed by atoms with Gasteiger partial charge in [-0.05, 0) is 38.1 Å². The van der Waals surface area contributed by atoms with E-state index in [1.54, 1.807) is 0 Å². The van der Waals surface area contributed by atoms with E-state index in [-0.39, 0.29) is 0 Å². The molecule has 1 fully saturated rings. The average Bonchev–Trinajstić information content (AvgIpc) is 2.15. The Labute approximate surface area is 103 Å². The molecule has 1 aromatic rings. The van der Waals surface area contributed by atoms with E-state index in [0.29, 0.717) is 0 Å². The highest BCUT2D eigenvalue weighted by Gasteiger charge is 2.20. The highest BCUT2D eigenvalue weighted by molar-refractivity contribution is 6.30. The molecule has 0 heterocycles. The molecular weight excluding hydrogens is 220 g/mol. The third-order valence-electron chi connectivity index (χ3n) is 3.32. The highest BCUT2D eigenvalue weighted by atomic mass is 35.5. The molecule has 1 aliphatic rings. The molecule has 0 radical (unpaired) electrons. The number of anilines is 1. The third kappa shape index (κ3) is 3.13. The van der Waals surface area contributed by atoms with E-state index in [4.69, 9.17) is 11.6 Å².